The molecule has 250 valence electrons. The molecule has 0 bridgehead atoms. The highest BCUT2D eigenvalue weighted by Crippen LogP contribution is 2.36. The van der Waals surface area contributed by atoms with Gasteiger partial charge < -0.3 is 9.47 Å². The first kappa shape index (κ1) is 37.5. The number of carbonyl (C=O) groups excluding carboxylic acids is 5. The van der Waals surface area contributed by atoms with E-state index in [-0.39, 0.29) is 30.2 Å². The lowest BCUT2D eigenvalue weighted by molar-refractivity contribution is -0.385. The maximum Gasteiger partial charge on any atom is 0.416 e. The second kappa shape index (κ2) is 15.1. The second-order valence-electron chi connectivity index (χ2n) is 13.4. The molecule has 0 heterocycles. The summed E-state index contributed by atoms with van der Waals surface area (Å²) in [5.41, 5.74) is -4.72. The number of nitro benzene ring substituents is 1. The van der Waals surface area contributed by atoms with E-state index in [0.29, 0.717) is 25.0 Å². The van der Waals surface area contributed by atoms with Crippen LogP contribution in [0.1, 0.15) is 115 Å². The first-order chi connectivity index (χ1) is 20.6. The van der Waals surface area contributed by atoms with Crippen molar-refractivity contribution < 1.29 is 51.5 Å². The third kappa shape index (κ3) is 11.7. The van der Waals surface area contributed by atoms with Crippen LogP contribution in [0.25, 0.3) is 0 Å². The summed E-state index contributed by atoms with van der Waals surface area (Å²) in [6.07, 6.45) is 1.58. The number of Topliss-reactive ketones (excluding diaryl/α,β-unsaturated/α-hetero) is 3. The van der Waals surface area contributed by atoms with Crippen molar-refractivity contribution in [1.82, 2.24) is 0 Å². The summed E-state index contributed by atoms with van der Waals surface area (Å²) in [5, 5.41) is 11.3. The van der Waals surface area contributed by atoms with Gasteiger partial charge in [-0.25, -0.2) is 0 Å². The molecule has 0 amide bonds. The van der Waals surface area contributed by atoms with Crippen LogP contribution in [0.2, 0.25) is 0 Å². The Hall–Kier alpha value is -3.64. The van der Waals surface area contributed by atoms with Gasteiger partial charge in [0.1, 0.15) is 23.4 Å². The molecule has 0 aliphatic heterocycles. The number of alkyl halides is 3. The molecule has 1 aromatic rings. The molecule has 3 rings (SSSR count). The lowest BCUT2D eigenvalue weighted by Gasteiger charge is -2.24. The molecule has 2 aliphatic rings. The molecular formula is C32H42F3NO9. The Bertz CT molecular complexity index is 1280. The van der Waals surface area contributed by atoms with Crippen LogP contribution in [-0.2, 0) is 34.8 Å². The quantitative estimate of drug-likeness (QED) is 0.0915. The zero-order valence-electron chi connectivity index (χ0n) is 26.6. The first-order valence-electron chi connectivity index (χ1n) is 15.0. The number of halogens is 3. The van der Waals surface area contributed by atoms with E-state index in [4.69, 9.17) is 9.47 Å². The molecular weight excluding hydrogens is 599 g/mol. The molecule has 0 N–H and O–H groups in total. The van der Waals surface area contributed by atoms with Gasteiger partial charge >= 0.3 is 18.1 Å². The summed E-state index contributed by atoms with van der Waals surface area (Å²) in [4.78, 5) is 71.9. The Morgan fingerprint density at radius 1 is 0.844 bits per heavy atom. The Balaban J connectivity index is 0.000000394. The van der Waals surface area contributed by atoms with Crippen molar-refractivity contribution in [3.63, 3.8) is 0 Å². The third-order valence-corrected chi connectivity index (χ3v) is 7.28. The van der Waals surface area contributed by atoms with Crippen LogP contribution in [0.4, 0.5) is 18.9 Å². The Kier molecular flexibility index (Phi) is 12.6. The maximum atomic E-state index is 13.0. The fraction of sp³-hybridized carbons (Fsp3) is 0.656. The van der Waals surface area contributed by atoms with Gasteiger partial charge in [-0.3, -0.25) is 34.1 Å². The van der Waals surface area contributed by atoms with E-state index in [1.807, 2.05) is 20.8 Å². The van der Waals surface area contributed by atoms with Gasteiger partial charge in [-0.05, 0) is 79.4 Å². The van der Waals surface area contributed by atoms with Crippen molar-refractivity contribution in [3.8, 4) is 0 Å². The zero-order valence-corrected chi connectivity index (χ0v) is 26.6. The minimum Gasteiger partial charge on any atom is -0.460 e. The van der Waals surface area contributed by atoms with E-state index < -0.39 is 68.5 Å². The first-order valence-corrected chi connectivity index (χ1v) is 15.0. The van der Waals surface area contributed by atoms with E-state index in [0.717, 1.165) is 38.5 Å². The molecule has 2 saturated carbocycles. The van der Waals surface area contributed by atoms with Gasteiger partial charge in [0, 0.05) is 17.9 Å². The topological polar surface area (TPSA) is 147 Å². The molecule has 45 heavy (non-hydrogen) atoms. The van der Waals surface area contributed by atoms with E-state index >= 15 is 0 Å². The summed E-state index contributed by atoms with van der Waals surface area (Å²) in [6.45, 7) is 9.99. The molecule has 2 aliphatic carbocycles. The summed E-state index contributed by atoms with van der Waals surface area (Å²) in [6, 6.07) is 1.36. The average molecular weight is 642 g/mol. The molecule has 0 radical (unpaired) electrons. The summed E-state index contributed by atoms with van der Waals surface area (Å²) < 4.78 is 49.1. The van der Waals surface area contributed by atoms with Gasteiger partial charge in [-0.15, -0.1) is 0 Å². The molecule has 1 atom stereocenters. The molecule has 0 saturated heterocycles. The Morgan fingerprint density at radius 2 is 1.33 bits per heavy atom. The van der Waals surface area contributed by atoms with Crippen molar-refractivity contribution in [3.05, 3.63) is 39.4 Å². The number of esters is 2. The number of nitrogens with zero attached hydrogens (tertiary/aromatic N) is 1. The highest BCUT2D eigenvalue weighted by molar-refractivity contribution is 6.24. The Morgan fingerprint density at radius 3 is 1.78 bits per heavy atom. The molecule has 13 heteroatoms. The molecule has 10 nitrogen and oxygen atoms in total. The van der Waals surface area contributed by atoms with Crippen LogP contribution in [0.15, 0.2) is 18.2 Å². The van der Waals surface area contributed by atoms with Crippen LogP contribution in [0.3, 0.4) is 0 Å². The van der Waals surface area contributed by atoms with Crippen molar-refractivity contribution >= 4 is 35.0 Å². The number of benzene rings is 1. The van der Waals surface area contributed by atoms with Crippen LogP contribution in [0, 0.1) is 27.9 Å². The Labute approximate surface area is 260 Å². The standard InChI is InChI=1S/C20H22F3NO6.C12H20O3/c1-19(2,3)30-18(27)15(16(25)11-6-4-5-7-11)17(26)13-9-8-12(20(21,22)23)10-14(13)24(28)29;1-12(2,3)15-11(14)8-10(13)9-6-4-5-7-9/h8-11,15H,4-7H2,1-3H3;9H,4-8H2,1-3H3. The van der Waals surface area contributed by atoms with Crippen LogP contribution in [-0.4, -0.2) is 45.4 Å². The summed E-state index contributed by atoms with van der Waals surface area (Å²) >= 11 is 0. The highest BCUT2D eigenvalue weighted by atomic mass is 19.4. The second-order valence-corrected chi connectivity index (χ2v) is 13.4. The monoisotopic (exact) mass is 641 g/mol. The predicted octanol–water partition coefficient (Wildman–Crippen LogP) is 6.99. The van der Waals surface area contributed by atoms with E-state index in [1.165, 1.54) is 20.8 Å². The van der Waals surface area contributed by atoms with Crippen molar-refractivity contribution in [2.45, 2.75) is 117 Å². The van der Waals surface area contributed by atoms with Crippen molar-refractivity contribution in [2.24, 2.45) is 17.8 Å². The number of rotatable bonds is 9. The fourth-order valence-electron chi connectivity index (χ4n) is 5.29. The van der Waals surface area contributed by atoms with E-state index in [2.05, 4.69) is 0 Å². The molecule has 1 aromatic carbocycles. The van der Waals surface area contributed by atoms with Gasteiger partial charge in [-0.2, -0.15) is 13.2 Å². The smallest absolute Gasteiger partial charge is 0.416 e. The average Bonchev–Trinajstić information content (AvgIpc) is 3.61. The number of hydrogen-bond acceptors (Lipinski definition) is 9. The van der Waals surface area contributed by atoms with Gasteiger partial charge in [0.2, 0.25) is 0 Å². The van der Waals surface area contributed by atoms with Crippen molar-refractivity contribution in [1.29, 1.82) is 0 Å². The number of ketones is 3. The minimum absolute atomic E-state index is 0.0536. The minimum atomic E-state index is -4.86. The van der Waals surface area contributed by atoms with E-state index in [9.17, 15) is 47.3 Å². The molecule has 0 aromatic heterocycles. The van der Waals surface area contributed by atoms with E-state index in [1.54, 1.807) is 0 Å². The molecule has 0 spiro atoms. The third-order valence-electron chi connectivity index (χ3n) is 7.28. The summed E-state index contributed by atoms with van der Waals surface area (Å²) in [5.74, 6) is -5.90. The normalized spacial score (nSPS) is 16.7. The summed E-state index contributed by atoms with van der Waals surface area (Å²) in [7, 11) is 0. The lowest BCUT2D eigenvalue weighted by atomic mass is 9.85. The van der Waals surface area contributed by atoms with Gasteiger partial charge in [0.25, 0.3) is 5.69 Å². The number of hydrogen-bond donors (Lipinski definition) is 0. The highest BCUT2D eigenvalue weighted by Gasteiger charge is 2.44. The van der Waals surface area contributed by atoms with Crippen LogP contribution >= 0.6 is 0 Å². The van der Waals surface area contributed by atoms with Crippen molar-refractivity contribution in [2.75, 3.05) is 0 Å². The maximum absolute atomic E-state index is 13.0. The predicted molar refractivity (Wildman–Crippen MR) is 156 cm³/mol. The largest absolute Gasteiger partial charge is 0.460 e. The lowest BCUT2D eigenvalue weighted by Crippen LogP contribution is -2.40. The van der Waals surface area contributed by atoms with Crippen LogP contribution < -0.4 is 0 Å². The fourth-order valence-corrected chi connectivity index (χ4v) is 5.29. The number of carbonyl (C=O) groups is 5. The van der Waals surface area contributed by atoms with Crippen LogP contribution in [0.5, 0.6) is 0 Å². The number of ether oxygens (including phenoxy) is 2. The molecule has 2 fully saturated rings. The zero-order chi connectivity index (χ0) is 34.3. The van der Waals surface area contributed by atoms with Gasteiger partial charge in [0.05, 0.1) is 16.1 Å². The molecule has 1 unspecified atom stereocenters. The SMILES string of the molecule is CC(C)(C)OC(=O)C(C(=O)c1ccc(C(F)(F)F)cc1[N+](=O)[O-])C(=O)C1CCCC1.CC(C)(C)OC(=O)CC(=O)C1CCCC1. The van der Waals surface area contributed by atoms with Gasteiger partial charge in [-0.1, -0.05) is 25.7 Å². The number of nitro groups is 1. The van der Waals surface area contributed by atoms with Gasteiger partial charge in [0.15, 0.2) is 17.5 Å².